The second-order valence-corrected chi connectivity index (χ2v) is 11.1. The van der Waals surface area contributed by atoms with Gasteiger partial charge in [0.25, 0.3) is 0 Å². The van der Waals surface area contributed by atoms with E-state index in [0.29, 0.717) is 15.9 Å². The van der Waals surface area contributed by atoms with Crippen LogP contribution in [0.25, 0.3) is 0 Å². The van der Waals surface area contributed by atoms with Crippen molar-refractivity contribution in [3.05, 3.63) is 58.9 Å². The highest BCUT2D eigenvalue weighted by atomic mass is 35.5. The molecular formula is C20H19ClFN3O3S2. The van der Waals surface area contributed by atoms with Crippen molar-refractivity contribution >= 4 is 55.6 Å². The zero-order valence-corrected chi connectivity index (χ0v) is 18.4. The first-order valence-electron chi connectivity index (χ1n) is 9.25. The fraction of sp³-hybridized carbons (Fsp3) is 0.300. The van der Waals surface area contributed by atoms with Crippen LogP contribution in [-0.2, 0) is 14.6 Å². The average molecular weight is 468 g/mol. The van der Waals surface area contributed by atoms with Gasteiger partial charge in [-0.1, -0.05) is 41.6 Å². The number of carbonyl (C=O) groups excluding carboxylic acids is 1. The Morgan fingerprint density at radius 1 is 1.30 bits per heavy atom. The number of carbonyl (C=O) groups is 1. The average Bonchev–Trinajstić information content (AvgIpc) is 3.17. The molecule has 0 aromatic heterocycles. The molecule has 0 radical (unpaired) electrons. The van der Waals surface area contributed by atoms with Crippen LogP contribution in [0.1, 0.15) is 5.56 Å². The number of rotatable bonds is 4. The molecule has 1 saturated heterocycles. The van der Waals surface area contributed by atoms with Crippen molar-refractivity contribution in [3.8, 4) is 0 Å². The molecule has 1 amide bonds. The number of para-hydroxylation sites is 1. The number of nitrogens with zero attached hydrogens (tertiary/aromatic N) is 2. The first-order valence-corrected chi connectivity index (χ1v) is 12.3. The highest BCUT2D eigenvalue weighted by Crippen LogP contribution is 2.37. The first kappa shape index (κ1) is 21.1. The number of anilines is 2. The monoisotopic (exact) mass is 467 g/mol. The Hall–Kier alpha value is -2.10. The number of hydrogen-bond donors (Lipinski definition) is 1. The van der Waals surface area contributed by atoms with E-state index in [1.165, 1.54) is 22.7 Å². The van der Waals surface area contributed by atoms with Crippen LogP contribution in [-0.4, -0.2) is 48.8 Å². The van der Waals surface area contributed by atoms with Crippen LogP contribution in [0.15, 0.2) is 47.5 Å². The molecule has 1 fully saturated rings. The highest BCUT2D eigenvalue weighted by Gasteiger charge is 2.44. The Balaban J connectivity index is 1.60. The Morgan fingerprint density at radius 2 is 2.07 bits per heavy atom. The maximum atomic E-state index is 14.5. The number of hydrogen-bond acceptors (Lipinski definition) is 6. The number of thioether (sulfide) groups is 1. The third kappa shape index (κ3) is 4.48. The summed E-state index contributed by atoms with van der Waals surface area (Å²) in [7, 11) is -3.11. The molecule has 158 valence electrons. The fourth-order valence-electron chi connectivity index (χ4n) is 3.46. The highest BCUT2D eigenvalue weighted by molar-refractivity contribution is 8.15. The van der Waals surface area contributed by atoms with Crippen LogP contribution >= 0.6 is 23.4 Å². The predicted octanol–water partition coefficient (Wildman–Crippen LogP) is 3.50. The van der Waals surface area contributed by atoms with Crippen LogP contribution in [0.3, 0.4) is 0 Å². The minimum atomic E-state index is -3.11. The molecule has 0 bridgehead atoms. The number of benzene rings is 2. The molecular weight excluding hydrogens is 449 g/mol. The Morgan fingerprint density at radius 3 is 2.80 bits per heavy atom. The lowest BCUT2D eigenvalue weighted by atomic mass is 10.2. The normalized spacial score (nSPS) is 21.8. The van der Waals surface area contributed by atoms with Gasteiger partial charge in [-0.3, -0.25) is 9.79 Å². The lowest BCUT2D eigenvalue weighted by molar-refractivity contribution is -0.114. The summed E-state index contributed by atoms with van der Waals surface area (Å²) < 4.78 is 38.3. The van der Waals surface area contributed by atoms with Crippen LogP contribution < -0.4 is 10.2 Å². The van der Waals surface area contributed by atoms with Crippen LogP contribution in [0, 0.1) is 12.7 Å². The van der Waals surface area contributed by atoms with Crippen molar-refractivity contribution < 1.29 is 17.6 Å². The third-order valence-corrected chi connectivity index (χ3v) is 8.44. The van der Waals surface area contributed by atoms with Crippen molar-refractivity contribution in [1.82, 2.24) is 0 Å². The molecule has 2 atom stereocenters. The number of amidine groups is 1. The lowest BCUT2D eigenvalue weighted by Crippen LogP contribution is -2.37. The van der Waals surface area contributed by atoms with E-state index in [2.05, 4.69) is 10.3 Å². The van der Waals surface area contributed by atoms with Crippen LogP contribution in [0.4, 0.5) is 15.8 Å². The smallest absolute Gasteiger partial charge is 0.244 e. The largest absolute Gasteiger partial charge is 0.324 e. The summed E-state index contributed by atoms with van der Waals surface area (Å²) in [5.41, 5.74) is 1.63. The quantitative estimate of drug-likeness (QED) is 0.744. The fourth-order valence-corrected chi connectivity index (χ4v) is 7.40. The summed E-state index contributed by atoms with van der Waals surface area (Å²) in [6, 6.07) is 10.9. The topological polar surface area (TPSA) is 78.8 Å². The summed E-state index contributed by atoms with van der Waals surface area (Å²) in [4.78, 5) is 18.8. The van der Waals surface area contributed by atoms with Crippen LogP contribution in [0.5, 0.6) is 0 Å². The molecule has 0 spiro atoms. The second-order valence-electron chi connectivity index (χ2n) is 7.26. The molecule has 0 saturated carbocycles. The maximum Gasteiger partial charge on any atom is 0.244 e. The van der Waals surface area contributed by atoms with Crippen molar-refractivity contribution in [2.75, 3.05) is 28.3 Å². The molecule has 4 rings (SSSR count). The van der Waals surface area contributed by atoms with Gasteiger partial charge in [0, 0.05) is 16.0 Å². The summed E-state index contributed by atoms with van der Waals surface area (Å²) in [5.74, 6) is -0.838. The van der Waals surface area contributed by atoms with Crippen LogP contribution in [0.2, 0.25) is 5.02 Å². The van der Waals surface area contributed by atoms with E-state index in [0.717, 1.165) is 5.56 Å². The summed E-state index contributed by atoms with van der Waals surface area (Å²) in [5, 5.41) is 3.54. The van der Waals surface area contributed by atoms with Gasteiger partial charge in [-0.2, -0.15) is 0 Å². The Kier molecular flexibility index (Phi) is 5.78. The molecule has 10 heteroatoms. The summed E-state index contributed by atoms with van der Waals surface area (Å²) >= 11 is 7.30. The zero-order valence-electron chi connectivity index (χ0n) is 16.0. The van der Waals surface area contributed by atoms with E-state index < -0.39 is 15.7 Å². The molecule has 1 N–H and O–H groups in total. The van der Waals surface area contributed by atoms with Gasteiger partial charge in [0.15, 0.2) is 15.0 Å². The van der Waals surface area contributed by atoms with Gasteiger partial charge in [0.2, 0.25) is 5.91 Å². The van der Waals surface area contributed by atoms with Gasteiger partial charge >= 0.3 is 0 Å². The van der Waals surface area contributed by atoms with Gasteiger partial charge < -0.3 is 10.2 Å². The third-order valence-electron chi connectivity index (χ3n) is 4.95. The van der Waals surface area contributed by atoms with Gasteiger partial charge in [-0.05, 0) is 36.8 Å². The van der Waals surface area contributed by atoms with E-state index in [1.54, 1.807) is 36.4 Å². The van der Waals surface area contributed by atoms with E-state index >= 15 is 0 Å². The molecule has 2 heterocycles. The van der Waals surface area contributed by atoms with Gasteiger partial charge in [-0.25, -0.2) is 12.8 Å². The van der Waals surface area contributed by atoms with E-state index in [4.69, 9.17) is 11.6 Å². The van der Waals surface area contributed by atoms with E-state index in [1.807, 2.05) is 6.92 Å². The van der Waals surface area contributed by atoms with Crippen molar-refractivity contribution in [1.29, 1.82) is 0 Å². The maximum absolute atomic E-state index is 14.5. The number of aliphatic imine (C=N–C) groups is 1. The Labute approximate surface area is 183 Å². The molecule has 2 aliphatic rings. The lowest BCUT2D eigenvalue weighted by Gasteiger charge is -2.24. The number of fused-ring (bicyclic) bond motifs is 1. The molecule has 0 unspecified atom stereocenters. The van der Waals surface area contributed by atoms with Gasteiger partial charge in [0.1, 0.15) is 12.4 Å². The van der Waals surface area contributed by atoms with Gasteiger partial charge in [-0.15, -0.1) is 0 Å². The standard InChI is InChI=1S/C20H19ClFN3O3S2/c1-12-6-7-13(21)8-15(12)23-19(26)9-25(17-5-3-2-4-14(17)22)20-24-16-10-30(27,28)11-18(16)29-20/h2-8,16,18H,9-11H2,1H3,(H,23,26)/t16-,18+/m1/s1. The number of halogens is 2. The van der Waals surface area contributed by atoms with Crippen molar-refractivity contribution in [2.24, 2.45) is 4.99 Å². The predicted molar refractivity (Wildman–Crippen MR) is 120 cm³/mol. The number of sulfone groups is 1. The van der Waals surface area contributed by atoms with Gasteiger partial charge in [0.05, 0.1) is 23.2 Å². The van der Waals surface area contributed by atoms with Crippen molar-refractivity contribution in [2.45, 2.75) is 18.2 Å². The second kappa shape index (κ2) is 8.20. The van der Waals surface area contributed by atoms with E-state index in [-0.39, 0.29) is 40.9 Å². The molecule has 2 aromatic rings. The number of nitrogens with one attached hydrogen (secondary N) is 1. The number of aryl methyl sites for hydroxylation is 1. The molecule has 30 heavy (non-hydrogen) atoms. The minimum Gasteiger partial charge on any atom is -0.324 e. The summed E-state index contributed by atoms with van der Waals surface area (Å²) in [6.07, 6.45) is 0. The Bertz CT molecular complexity index is 1140. The molecule has 2 aromatic carbocycles. The van der Waals surface area contributed by atoms with Crippen molar-refractivity contribution in [3.63, 3.8) is 0 Å². The molecule has 0 aliphatic carbocycles. The number of amides is 1. The first-order chi connectivity index (χ1) is 14.2. The summed E-state index contributed by atoms with van der Waals surface area (Å²) in [6.45, 7) is 1.67. The molecule has 2 aliphatic heterocycles. The molecule has 6 nitrogen and oxygen atoms in total. The van der Waals surface area contributed by atoms with E-state index in [9.17, 15) is 17.6 Å². The zero-order chi connectivity index (χ0) is 21.5. The SMILES string of the molecule is Cc1ccc(Cl)cc1NC(=O)CN(C1=N[C@@H]2CS(=O)(=O)C[C@@H]2S1)c1ccccc1F. The minimum absolute atomic E-state index is 0.0207.